The Bertz CT molecular complexity index is 515. The molecule has 1 heterocycles. The predicted molar refractivity (Wildman–Crippen MR) is 80.3 cm³/mol. The van der Waals surface area contributed by atoms with Gasteiger partial charge in [0.25, 0.3) is 0 Å². The van der Waals surface area contributed by atoms with E-state index in [9.17, 15) is 0 Å². The first-order valence-corrected chi connectivity index (χ1v) is 7.36. The minimum Gasteiger partial charge on any atom is -0.310 e. The van der Waals surface area contributed by atoms with Crippen molar-refractivity contribution < 1.29 is 0 Å². The Labute approximate surface area is 126 Å². The van der Waals surface area contributed by atoms with Crippen molar-refractivity contribution in [2.45, 2.75) is 25.8 Å². The Morgan fingerprint density at radius 3 is 3.00 bits per heavy atom. The highest BCUT2D eigenvalue weighted by Gasteiger charge is 2.09. The number of hydrogen-bond acceptors (Lipinski definition) is 3. The molecule has 0 saturated heterocycles. The molecule has 2 aromatic rings. The molecule has 2 rings (SSSR count). The minimum atomic E-state index is 0.232. The normalized spacial score (nSPS) is 12.6. The Balaban J connectivity index is 1.79. The third kappa shape index (κ3) is 4.30. The van der Waals surface area contributed by atoms with Crippen molar-refractivity contribution in [3.63, 3.8) is 0 Å². The molecule has 0 amide bonds. The second-order valence-corrected chi connectivity index (χ2v) is 5.70. The van der Waals surface area contributed by atoms with E-state index in [-0.39, 0.29) is 6.04 Å². The third-order valence-electron chi connectivity index (χ3n) is 2.93. The first-order chi connectivity index (χ1) is 9.16. The van der Waals surface area contributed by atoms with Crippen molar-refractivity contribution in [2.24, 2.45) is 0 Å². The molecule has 6 heteroatoms. The van der Waals surface area contributed by atoms with E-state index in [2.05, 4.69) is 43.4 Å². The van der Waals surface area contributed by atoms with Crippen molar-refractivity contribution in [3.8, 4) is 0 Å². The molecule has 1 aromatic carbocycles. The van der Waals surface area contributed by atoms with Gasteiger partial charge in [-0.25, -0.2) is 4.98 Å². The lowest BCUT2D eigenvalue weighted by Crippen LogP contribution is -2.20. The summed E-state index contributed by atoms with van der Waals surface area (Å²) in [6, 6.07) is 6.20. The van der Waals surface area contributed by atoms with E-state index in [0.717, 1.165) is 40.3 Å². The molecule has 0 aliphatic carbocycles. The van der Waals surface area contributed by atoms with Gasteiger partial charge in [0.05, 0.1) is 0 Å². The van der Waals surface area contributed by atoms with E-state index in [1.54, 1.807) is 0 Å². The Hall–Kier alpha value is -0.910. The molecule has 1 unspecified atom stereocenters. The maximum Gasteiger partial charge on any atom is 0.137 e. The lowest BCUT2D eigenvalue weighted by molar-refractivity contribution is 0.554. The Morgan fingerprint density at radius 2 is 2.32 bits per heavy atom. The van der Waals surface area contributed by atoms with Crippen LogP contribution in [0.4, 0.5) is 0 Å². The SMILES string of the molecule is CC(NCCCc1ncn[nH]1)c1ccc(Br)cc1Cl. The first kappa shape index (κ1) is 14.5. The van der Waals surface area contributed by atoms with Crippen molar-refractivity contribution in [1.82, 2.24) is 20.5 Å². The van der Waals surface area contributed by atoms with Crippen LogP contribution in [-0.2, 0) is 6.42 Å². The number of halogens is 2. The largest absolute Gasteiger partial charge is 0.310 e. The first-order valence-electron chi connectivity index (χ1n) is 6.19. The number of hydrogen-bond donors (Lipinski definition) is 2. The van der Waals surface area contributed by atoms with Gasteiger partial charge in [0, 0.05) is 22.0 Å². The second kappa shape index (κ2) is 7.03. The number of aromatic nitrogens is 3. The average Bonchev–Trinajstić information content (AvgIpc) is 2.87. The van der Waals surface area contributed by atoms with Crippen LogP contribution in [0.2, 0.25) is 5.02 Å². The number of nitrogens with zero attached hydrogens (tertiary/aromatic N) is 2. The van der Waals surface area contributed by atoms with Gasteiger partial charge in [0.15, 0.2) is 0 Å². The monoisotopic (exact) mass is 342 g/mol. The lowest BCUT2D eigenvalue weighted by atomic mass is 10.1. The van der Waals surface area contributed by atoms with E-state index in [4.69, 9.17) is 11.6 Å². The van der Waals surface area contributed by atoms with Gasteiger partial charge in [0.2, 0.25) is 0 Å². The van der Waals surface area contributed by atoms with Gasteiger partial charge >= 0.3 is 0 Å². The summed E-state index contributed by atoms with van der Waals surface area (Å²) in [6.45, 7) is 3.03. The van der Waals surface area contributed by atoms with Crippen LogP contribution in [0.5, 0.6) is 0 Å². The molecule has 19 heavy (non-hydrogen) atoms. The summed E-state index contributed by atoms with van der Waals surface area (Å²) >= 11 is 9.64. The maximum atomic E-state index is 6.23. The molecule has 4 nitrogen and oxygen atoms in total. The lowest BCUT2D eigenvalue weighted by Gasteiger charge is -2.15. The standard InChI is InChI=1S/C13H16BrClN4/c1-9(11-5-4-10(14)7-12(11)15)16-6-2-3-13-17-8-18-19-13/h4-5,7-9,16H,2-3,6H2,1H3,(H,17,18,19). The van der Waals surface area contributed by atoms with E-state index in [1.165, 1.54) is 6.33 Å². The molecule has 102 valence electrons. The molecule has 0 saturated carbocycles. The molecule has 2 N–H and O–H groups in total. The smallest absolute Gasteiger partial charge is 0.137 e. The molecule has 1 atom stereocenters. The maximum absolute atomic E-state index is 6.23. The summed E-state index contributed by atoms with van der Waals surface area (Å²) in [5.74, 6) is 0.927. The number of nitrogens with one attached hydrogen (secondary N) is 2. The molecule has 0 bridgehead atoms. The molecule has 0 spiro atoms. The minimum absolute atomic E-state index is 0.232. The summed E-state index contributed by atoms with van der Waals surface area (Å²) < 4.78 is 0.999. The highest BCUT2D eigenvalue weighted by Crippen LogP contribution is 2.26. The molecule has 0 radical (unpaired) electrons. The van der Waals surface area contributed by atoms with Crippen LogP contribution in [0.25, 0.3) is 0 Å². The number of benzene rings is 1. The fourth-order valence-electron chi connectivity index (χ4n) is 1.89. The topological polar surface area (TPSA) is 53.6 Å². The summed E-state index contributed by atoms with van der Waals surface area (Å²) in [4.78, 5) is 4.09. The van der Waals surface area contributed by atoms with Gasteiger partial charge in [-0.3, -0.25) is 5.10 Å². The molecule has 0 fully saturated rings. The summed E-state index contributed by atoms with van der Waals surface area (Å²) in [5.41, 5.74) is 1.12. The van der Waals surface area contributed by atoms with Crippen LogP contribution in [0.3, 0.4) is 0 Å². The molecule has 1 aromatic heterocycles. The zero-order chi connectivity index (χ0) is 13.7. The van der Waals surface area contributed by atoms with E-state index in [1.807, 2.05) is 18.2 Å². The van der Waals surface area contributed by atoms with Crippen LogP contribution < -0.4 is 5.32 Å². The van der Waals surface area contributed by atoms with Gasteiger partial charge in [-0.2, -0.15) is 5.10 Å². The van der Waals surface area contributed by atoms with Crippen LogP contribution in [-0.4, -0.2) is 21.7 Å². The van der Waals surface area contributed by atoms with Gasteiger partial charge in [-0.15, -0.1) is 0 Å². The van der Waals surface area contributed by atoms with Crippen molar-refractivity contribution in [3.05, 3.63) is 45.4 Å². The zero-order valence-electron chi connectivity index (χ0n) is 10.7. The van der Waals surface area contributed by atoms with Crippen LogP contribution >= 0.6 is 27.5 Å². The number of rotatable bonds is 6. The van der Waals surface area contributed by atoms with E-state index in [0.29, 0.717) is 0 Å². The van der Waals surface area contributed by atoms with Crippen LogP contribution in [0.1, 0.15) is 30.8 Å². The summed E-state index contributed by atoms with van der Waals surface area (Å²) in [6.07, 6.45) is 3.44. The molecular weight excluding hydrogens is 328 g/mol. The fraction of sp³-hybridized carbons (Fsp3) is 0.385. The summed E-state index contributed by atoms with van der Waals surface area (Å²) in [5, 5.41) is 10.9. The quantitative estimate of drug-likeness (QED) is 0.789. The van der Waals surface area contributed by atoms with Crippen molar-refractivity contribution in [2.75, 3.05) is 6.54 Å². The average molecular weight is 344 g/mol. The zero-order valence-corrected chi connectivity index (χ0v) is 13.0. The van der Waals surface area contributed by atoms with Gasteiger partial charge in [-0.05, 0) is 37.6 Å². The molecule has 0 aliphatic rings. The summed E-state index contributed by atoms with van der Waals surface area (Å²) in [7, 11) is 0. The highest BCUT2D eigenvalue weighted by molar-refractivity contribution is 9.10. The number of aromatic amines is 1. The van der Waals surface area contributed by atoms with E-state index < -0.39 is 0 Å². The van der Waals surface area contributed by atoms with Crippen molar-refractivity contribution >= 4 is 27.5 Å². The predicted octanol–water partition coefficient (Wildman–Crippen LogP) is 3.50. The fourth-order valence-corrected chi connectivity index (χ4v) is 2.73. The van der Waals surface area contributed by atoms with Gasteiger partial charge in [0.1, 0.15) is 12.2 Å². The van der Waals surface area contributed by atoms with Crippen LogP contribution in [0.15, 0.2) is 29.0 Å². The van der Waals surface area contributed by atoms with Gasteiger partial charge < -0.3 is 5.32 Å². The number of H-pyrrole nitrogens is 1. The molecular formula is C13H16BrClN4. The van der Waals surface area contributed by atoms with Crippen molar-refractivity contribution in [1.29, 1.82) is 0 Å². The Morgan fingerprint density at radius 1 is 1.47 bits per heavy atom. The number of aryl methyl sites for hydroxylation is 1. The van der Waals surface area contributed by atoms with Crippen LogP contribution in [0, 0.1) is 0 Å². The second-order valence-electron chi connectivity index (χ2n) is 4.38. The van der Waals surface area contributed by atoms with Gasteiger partial charge in [-0.1, -0.05) is 33.6 Å². The highest BCUT2D eigenvalue weighted by atomic mass is 79.9. The van der Waals surface area contributed by atoms with E-state index >= 15 is 0 Å². The molecule has 0 aliphatic heterocycles. The Kier molecular flexibility index (Phi) is 5.36. The third-order valence-corrected chi connectivity index (χ3v) is 3.76.